The Bertz CT molecular complexity index is 139. The maximum absolute atomic E-state index is 5.61. The Balaban J connectivity index is 2.56. The fourth-order valence-corrected chi connectivity index (χ4v) is 1.43. The first-order valence-corrected chi connectivity index (χ1v) is 4.07. The van der Waals surface area contributed by atoms with Gasteiger partial charge in [-0.2, -0.15) is 0 Å². The molecular formula is C7H14N2S. The van der Waals surface area contributed by atoms with Gasteiger partial charge in [-0.3, -0.25) is 0 Å². The summed E-state index contributed by atoms with van der Waals surface area (Å²) in [7, 11) is 0. The molecule has 0 saturated carbocycles. The van der Waals surface area contributed by atoms with Crippen LogP contribution in [0.25, 0.3) is 0 Å². The number of thiocarbonyl (C=S) groups is 1. The van der Waals surface area contributed by atoms with Crippen molar-refractivity contribution in [2.75, 3.05) is 13.1 Å². The van der Waals surface area contributed by atoms with Crippen LogP contribution in [0.15, 0.2) is 0 Å². The van der Waals surface area contributed by atoms with E-state index >= 15 is 0 Å². The zero-order chi connectivity index (χ0) is 7.61. The molecule has 1 heterocycles. The van der Waals surface area contributed by atoms with Crippen molar-refractivity contribution >= 4 is 17.2 Å². The van der Waals surface area contributed by atoms with Crippen molar-refractivity contribution in [3.63, 3.8) is 0 Å². The van der Waals surface area contributed by atoms with Crippen molar-refractivity contribution in [2.45, 2.75) is 19.8 Å². The van der Waals surface area contributed by atoms with Crippen LogP contribution in [0.1, 0.15) is 19.8 Å². The van der Waals surface area contributed by atoms with E-state index in [9.17, 15) is 0 Å². The molecule has 0 bridgehead atoms. The van der Waals surface area contributed by atoms with Crippen LogP contribution in [0.2, 0.25) is 0 Å². The first-order chi connectivity index (χ1) is 4.65. The molecule has 58 valence electrons. The van der Waals surface area contributed by atoms with Crippen molar-refractivity contribution in [1.29, 1.82) is 0 Å². The minimum Gasteiger partial charge on any atom is -0.393 e. The lowest BCUT2D eigenvalue weighted by Gasteiger charge is -2.32. The number of hydrogen-bond donors (Lipinski definition) is 2. The van der Waals surface area contributed by atoms with Gasteiger partial charge >= 0.3 is 0 Å². The van der Waals surface area contributed by atoms with Crippen molar-refractivity contribution in [2.24, 2.45) is 11.1 Å². The van der Waals surface area contributed by atoms with Crippen LogP contribution >= 0.6 is 12.2 Å². The van der Waals surface area contributed by atoms with Crippen molar-refractivity contribution < 1.29 is 0 Å². The Kier molecular flexibility index (Phi) is 2.26. The molecule has 1 fully saturated rings. The predicted molar refractivity (Wildman–Crippen MR) is 47.0 cm³/mol. The zero-order valence-corrected chi connectivity index (χ0v) is 7.13. The molecule has 2 nitrogen and oxygen atoms in total. The van der Waals surface area contributed by atoms with Gasteiger partial charge in [-0.1, -0.05) is 19.1 Å². The summed E-state index contributed by atoms with van der Waals surface area (Å²) in [4.78, 5) is 0.675. The lowest BCUT2D eigenvalue weighted by atomic mass is 9.81. The highest BCUT2D eigenvalue weighted by molar-refractivity contribution is 7.80. The van der Waals surface area contributed by atoms with E-state index < -0.39 is 0 Å². The van der Waals surface area contributed by atoms with Gasteiger partial charge in [0.05, 0.1) is 4.99 Å². The molecule has 3 N–H and O–H groups in total. The van der Waals surface area contributed by atoms with Crippen LogP contribution in [-0.2, 0) is 0 Å². The summed E-state index contributed by atoms with van der Waals surface area (Å²) in [6, 6.07) is 0. The summed E-state index contributed by atoms with van der Waals surface area (Å²) >= 11 is 4.98. The van der Waals surface area contributed by atoms with Gasteiger partial charge in [-0.25, -0.2) is 0 Å². The molecule has 0 aromatic rings. The predicted octanol–water partition coefficient (Wildman–Crippen LogP) is 0.662. The maximum atomic E-state index is 5.61. The Labute approximate surface area is 67.2 Å². The highest BCUT2D eigenvalue weighted by Gasteiger charge is 2.29. The quantitative estimate of drug-likeness (QED) is 0.551. The van der Waals surface area contributed by atoms with Gasteiger partial charge in [-0.15, -0.1) is 0 Å². The Morgan fingerprint density at radius 1 is 1.50 bits per heavy atom. The van der Waals surface area contributed by atoms with Crippen molar-refractivity contribution in [3.8, 4) is 0 Å². The molecule has 0 aromatic heterocycles. The van der Waals surface area contributed by atoms with Gasteiger partial charge in [0.25, 0.3) is 0 Å². The molecule has 0 radical (unpaired) electrons. The average molecular weight is 158 g/mol. The average Bonchev–Trinajstić information content (AvgIpc) is 1.89. The van der Waals surface area contributed by atoms with Crippen LogP contribution in [0, 0.1) is 5.41 Å². The Hall–Kier alpha value is -0.150. The number of nitrogens with two attached hydrogens (primary N) is 1. The Morgan fingerprint density at radius 3 is 2.30 bits per heavy atom. The Morgan fingerprint density at radius 2 is 2.00 bits per heavy atom. The van der Waals surface area contributed by atoms with Crippen molar-refractivity contribution in [3.05, 3.63) is 0 Å². The molecule has 10 heavy (non-hydrogen) atoms. The highest BCUT2D eigenvalue weighted by Crippen LogP contribution is 2.27. The van der Waals surface area contributed by atoms with Crippen LogP contribution in [0.3, 0.4) is 0 Å². The van der Waals surface area contributed by atoms with E-state index in [4.69, 9.17) is 18.0 Å². The normalized spacial score (nSPS) is 24.1. The molecule has 0 atom stereocenters. The fourth-order valence-electron chi connectivity index (χ4n) is 1.22. The molecule has 0 aliphatic carbocycles. The van der Waals surface area contributed by atoms with E-state index in [1.54, 1.807) is 0 Å². The first kappa shape index (κ1) is 7.95. The number of rotatable bonds is 1. The highest BCUT2D eigenvalue weighted by atomic mass is 32.1. The molecule has 0 amide bonds. The van der Waals surface area contributed by atoms with Gasteiger partial charge in [0.2, 0.25) is 0 Å². The van der Waals surface area contributed by atoms with Gasteiger partial charge in [-0.05, 0) is 25.9 Å². The van der Waals surface area contributed by atoms with E-state index in [0.717, 1.165) is 25.9 Å². The van der Waals surface area contributed by atoms with Gasteiger partial charge in [0, 0.05) is 5.41 Å². The van der Waals surface area contributed by atoms with Crippen LogP contribution in [0.5, 0.6) is 0 Å². The second-order valence-corrected chi connectivity index (χ2v) is 3.61. The lowest BCUT2D eigenvalue weighted by Crippen LogP contribution is -2.42. The first-order valence-electron chi connectivity index (χ1n) is 3.66. The molecule has 1 aliphatic rings. The molecule has 0 aromatic carbocycles. The third-order valence-electron chi connectivity index (χ3n) is 2.30. The topological polar surface area (TPSA) is 38.0 Å². The summed E-state index contributed by atoms with van der Waals surface area (Å²) in [6.45, 7) is 4.25. The smallest absolute Gasteiger partial charge is 0.0788 e. The second-order valence-electron chi connectivity index (χ2n) is 3.17. The number of piperidine rings is 1. The van der Waals surface area contributed by atoms with Crippen LogP contribution in [-0.4, -0.2) is 18.1 Å². The van der Waals surface area contributed by atoms with Gasteiger partial charge in [0.1, 0.15) is 0 Å². The molecule has 1 aliphatic heterocycles. The minimum absolute atomic E-state index is 0.126. The maximum Gasteiger partial charge on any atom is 0.0788 e. The molecule has 3 heteroatoms. The van der Waals surface area contributed by atoms with Gasteiger partial charge in [0.15, 0.2) is 0 Å². The minimum atomic E-state index is 0.126. The summed E-state index contributed by atoms with van der Waals surface area (Å²) in [5.41, 5.74) is 5.73. The van der Waals surface area contributed by atoms with E-state index in [0.29, 0.717) is 4.99 Å². The summed E-state index contributed by atoms with van der Waals surface area (Å²) in [5, 5.41) is 3.28. The van der Waals surface area contributed by atoms with Gasteiger partial charge < -0.3 is 11.1 Å². The molecule has 0 unspecified atom stereocenters. The summed E-state index contributed by atoms with van der Waals surface area (Å²) in [5.74, 6) is 0. The van der Waals surface area contributed by atoms with E-state index in [-0.39, 0.29) is 5.41 Å². The summed E-state index contributed by atoms with van der Waals surface area (Å²) < 4.78 is 0. The van der Waals surface area contributed by atoms with E-state index in [2.05, 4.69) is 12.2 Å². The lowest BCUT2D eigenvalue weighted by molar-refractivity contribution is 0.330. The third kappa shape index (κ3) is 1.47. The van der Waals surface area contributed by atoms with E-state index in [1.807, 2.05) is 0 Å². The largest absolute Gasteiger partial charge is 0.393 e. The number of nitrogens with one attached hydrogen (secondary N) is 1. The van der Waals surface area contributed by atoms with Crippen LogP contribution < -0.4 is 11.1 Å². The summed E-state index contributed by atoms with van der Waals surface area (Å²) in [6.07, 6.45) is 2.17. The fraction of sp³-hybridized carbons (Fsp3) is 0.857. The SMILES string of the molecule is CC1(C(N)=S)CCNCC1. The monoisotopic (exact) mass is 158 g/mol. The molecular weight excluding hydrogens is 144 g/mol. The molecule has 1 rings (SSSR count). The standard InChI is InChI=1S/C7H14N2S/c1-7(6(8)10)2-4-9-5-3-7/h9H,2-5H2,1H3,(H2,8,10). The van der Waals surface area contributed by atoms with E-state index in [1.165, 1.54) is 0 Å². The number of hydrogen-bond acceptors (Lipinski definition) is 2. The van der Waals surface area contributed by atoms with Crippen molar-refractivity contribution in [1.82, 2.24) is 5.32 Å². The second kappa shape index (κ2) is 2.84. The third-order valence-corrected chi connectivity index (χ3v) is 2.79. The molecule has 1 saturated heterocycles. The van der Waals surface area contributed by atoms with Crippen LogP contribution in [0.4, 0.5) is 0 Å². The molecule has 0 spiro atoms. The zero-order valence-electron chi connectivity index (χ0n) is 6.31.